The third-order valence-corrected chi connectivity index (χ3v) is 6.04. The van der Waals surface area contributed by atoms with Crippen LogP contribution in [0.1, 0.15) is 53.0 Å². The minimum atomic E-state index is -3.54. The number of carbonyl (C=O) groups is 1. The van der Waals surface area contributed by atoms with E-state index >= 15 is 0 Å². The summed E-state index contributed by atoms with van der Waals surface area (Å²) in [7, 11) is -3.54. The van der Waals surface area contributed by atoms with Crippen LogP contribution in [0.4, 0.5) is 5.69 Å². The first-order chi connectivity index (χ1) is 11.1. The molecular weight excluding hydrogens is 324 g/mol. The number of nitrogens with zero attached hydrogens (tertiary/aromatic N) is 1. The van der Waals surface area contributed by atoms with Crippen molar-refractivity contribution in [3.05, 3.63) is 23.8 Å². The number of rotatable bonds is 6. The van der Waals surface area contributed by atoms with Gasteiger partial charge in [0.2, 0.25) is 15.9 Å². The first-order valence-corrected chi connectivity index (χ1v) is 10.0. The highest BCUT2D eigenvalue weighted by Gasteiger charge is 2.30. The van der Waals surface area contributed by atoms with Gasteiger partial charge in [-0.1, -0.05) is 13.8 Å². The molecular formula is C18H28N2O3S. The number of hydrogen-bond donors (Lipinski definition) is 1. The number of amides is 1. The van der Waals surface area contributed by atoms with E-state index in [9.17, 15) is 13.2 Å². The molecule has 0 spiro atoms. The molecule has 0 saturated carbocycles. The number of anilines is 1. The van der Waals surface area contributed by atoms with E-state index < -0.39 is 10.0 Å². The monoisotopic (exact) mass is 352 g/mol. The topological polar surface area (TPSA) is 66.5 Å². The van der Waals surface area contributed by atoms with Gasteiger partial charge in [0.05, 0.1) is 4.90 Å². The van der Waals surface area contributed by atoms with Crippen LogP contribution in [-0.4, -0.2) is 26.4 Å². The lowest BCUT2D eigenvalue weighted by molar-refractivity contribution is -0.116. The van der Waals surface area contributed by atoms with Crippen molar-refractivity contribution in [3.8, 4) is 0 Å². The molecule has 0 saturated heterocycles. The van der Waals surface area contributed by atoms with Gasteiger partial charge in [-0.2, -0.15) is 0 Å². The Morgan fingerprint density at radius 3 is 2.54 bits per heavy atom. The van der Waals surface area contributed by atoms with E-state index in [4.69, 9.17) is 0 Å². The number of sulfonamides is 1. The van der Waals surface area contributed by atoms with Crippen LogP contribution in [0, 0.1) is 5.92 Å². The summed E-state index contributed by atoms with van der Waals surface area (Å²) >= 11 is 0. The average molecular weight is 353 g/mol. The molecule has 1 aromatic carbocycles. The second-order valence-electron chi connectivity index (χ2n) is 7.23. The van der Waals surface area contributed by atoms with E-state index in [0.29, 0.717) is 12.3 Å². The van der Waals surface area contributed by atoms with Gasteiger partial charge in [0.1, 0.15) is 0 Å². The predicted octanol–water partition coefficient (Wildman–Crippen LogP) is 3.09. The van der Waals surface area contributed by atoms with Crippen molar-refractivity contribution in [2.24, 2.45) is 5.92 Å². The Hall–Kier alpha value is -1.40. The molecule has 1 aromatic rings. The predicted molar refractivity (Wildman–Crippen MR) is 96.6 cm³/mol. The summed E-state index contributed by atoms with van der Waals surface area (Å²) in [6, 6.07) is 5.00. The second kappa shape index (κ2) is 7.23. The fraction of sp³-hybridized carbons (Fsp3) is 0.611. The zero-order valence-electron chi connectivity index (χ0n) is 15.2. The van der Waals surface area contributed by atoms with Crippen molar-refractivity contribution < 1.29 is 13.2 Å². The Balaban J connectivity index is 2.18. The van der Waals surface area contributed by atoms with Gasteiger partial charge >= 0.3 is 0 Å². The van der Waals surface area contributed by atoms with Gasteiger partial charge in [0, 0.05) is 24.7 Å². The van der Waals surface area contributed by atoms with Crippen molar-refractivity contribution >= 4 is 21.6 Å². The standard InChI is InChI=1S/C18H28N2O3S/c1-12(2)6-7-13(3)19-24(22,23)17-8-9-18-16(11-17)10-14(4)20(18)15(5)21/h8-9,11-14,19H,6-7,10H2,1-5H3. The zero-order chi connectivity index (χ0) is 18.1. The van der Waals surface area contributed by atoms with E-state index in [0.717, 1.165) is 24.1 Å². The quantitative estimate of drug-likeness (QED) is 0.855. The fourth-order valence-corrected chi connectivity index (χ4v) is 4.56. The van der Waals surface area contributed by atoms with E-state index in [-0.39, 0.29) is 22.9 Å². The normalized spacial score (nSPS) is 18.8. The lowest BCUT2D eigenvalue weighted by atomic mass is 10.1. The number of carbonyl (C=O) groups excluding carboxylic acids is 1. The number of benzene rings is 1. The zero-order valence-corrected chi connectivity index (χ0v) is 16.0. The third-order valence-electron chi connectivity index (χ3n) is 4.45. The molecule has 2 unspecified atom stereocenters. The SMILES string of the molecule is CC(=O)N1c2ccc(S(=O)(=O)NC(C)CCC(C)C)cc2CC1C. The average Bonchev–Trinajstić information content (AvgIpc) is 2.79. The molecule has 134 valence electrons. The maximum absolute atomic E-state index is 12.6. The molecule has 0 bridgehead atoms. The van der Waals surface area contributed by atoms with Gasteiger partial charge in [0.15, 0.2) is 0 Å². The molecule has 24 heavy (non-hydrogen) atoms. The first kappa shape index (κ1) is 18.9. The van der Waals surface area contributed by atoms with E-state index in [1.165, 1.54) is 6.92 Å². The van der Waals surface area contributed by atoms with Crippen LogP contribution in [0.5, 0.6) is 0 Å². The highest BCUT2D eigenvalue weighted by atomic mass is 32.2. The highest BCUT2D eigenvalue weighted by molar-refractivity contribution is 7.89. The molecule has 1 heterocycles. The Labute approximate surface area is 145 Å². The molecule has 1 aliphatic rings. The Bertz CT molecular complexity index is 713. The van der Waals surface area contributed by atoms with Crippen molar-refractivity contribution in [2.45, 2.75) is 70.9 Å². The second-order valence-corrected chi connectivity index (χ2v) is 8.94. The van der Waals surface area contributed by atoms with Crippen LogP contribution in [0.15, 0.2) is 23.1 Å². The molecule has 1 aliphatic heterocycles. The first-order valence-electron chi connectivity index (χ1n) is 8.57. The largest absolute Gasteiger partial charge is 0.309 e. The summed E-state index contributed by atoms with van der Waals surface area (Å²) in [5, 5.41) is 0. The molecule has 0 fully saturated rings. The van der Waals surface area contributed by atoms with Gasteiger partial charge in [-0.15, -0.1) is 0 Å². The molecule has 6 heteroatoms. The summed E-state index contributed by atoms with van der Waals surface area (Å²) in [5.41, 5.74) is 1.73. The summed E-state index contributed by atoms with van der Waals surface area (Å²) in [6.45, 7) is 9.66. The smallest absolute Gasteiger partial charge is 0.240 e. The van der Waals surface area contributed by atoms with E-state index in [1.54, 1.807) is 23.1 Å². The molecule has 1 amide bonds. The highest BCUT2D eigenvalue weighted by Crippen LogP contribution is 2.33. The van der Waals surface area contributed by atoms with Crippen LogP contribution < -0.4 is 9.62 Å². The van der Waals surface area contributed by atoms with Crippen molar-refractivity contribution in [2.75, 3.05) is 4.90 Å². The molecule has 1 N–H and O–H groups in total. The number of fused-ring (bicyclic) bond motifs is 1. The number of nitrogens with one attached hydrogen (secondary N) is 1. The molecule has 5 nitrogen and oxygen atoms in total. The summed E-state index contributed by atoms with van der Waals surface area (Å²) < 4.78 is 27.9. The lowest BCUT2D eigenvalue weighted by Crippen LogP contribution is -2.33. The summed E-state index contributed by atoms with van der Waals surface area (Å²) in [6.07, 6.45) is 2.48. The third kappa shape index (κ3) is 4.16. The molecule has 2 rings (SSSR count). The van der Waals surface area contributed by atoms with Crippen LogP contribution in [0.3, 0.4) is 0 Å². The maximum Gasteiger partial charge on any atom is 0.240 e. The van der Waals surface area contributed by atoms with E-state index in [2.05, 4.69) is 18.6 Å². The summed E-state index contributed by atoms with van der Waals surface area (Å²) in [5.74, 6) is 0.535. The van der Waals surface area contributed by atoms with Crippen LogP contribution in [0.25, 0.3) is 0 Å². The fourth-order valence-electron chi connectivity index (χ4n) is 3.23. The lowest BCUT2D eigenvalue weighted by Gasteiger charge is -2.20. The van der Waals surface area contributed by atoms with Crippen LogP contribution >= 0.6 is 0 Å². The van der Waals surface area contributed by atoms with Crippen LogP contribution in [0.2, 0.25) is 0 Å². The maximum atomic E-state index is 12.6. The molecule has 0 aromatic heterocycles. The van der Waals surface area contributed by atoms with Gasteiger partial charge in [-0.3, -0.25) is 4.79 Å². The molecule has 0 radical (unpaired) electrons. The Kier molecular flexibility index (Phi) is 5.71. The Morgan fingerprint density at radius 2 is 1.96 bits per heavy atom. The van der Waals surface area contributed by atoms with Crippen molar-refractivity contribution in [1.29, 1.82) is 0 Å². The van der Waals surface area contributed by atoms with Gasteiger partial charge < -0.3 is 4.90 Å². The number of hydrogen-bond acceptors (Lipinski definition) is 3. The molecule has 2 atom stereocenters. The minimum absolute atomic E-state index is 0.0164. The summed E-state index contributed by atoms with van der Waals surface area (Å²) in [4.78, 5) is 13.8. The van der Waals surface area contributed by atoms with Gasteiger partial charge in [-0.05, 0) is 62.8 Å². The minimum Gasteiger partial charge on any atom is -0.309 e. The Morgan fingerprint density at radius 1 is 1.29 bits per heavy atom. The van der Waals surface area contributed by atoms with Crippen molar-refractivity contribution in [1.82, 2.24) is 4.72 Å². The van der Waals surface area contributed by atoms with Gasteiger partial charge in [-0.25, -0.2) is 13.1 Å². The molecule has 0 aliphatic carbocycles. The van der Waals surface area contributed by atoms with Crippen LogP contribution in [-0.2, 0) is 21.2 Å². The van der Waals surface area contributed by atoms with Gasteiger partial charge in [0.25, 0.3) is 0 Å². The van der Waals surface area contributed by atoms with Crippen molar-refractivity contribution in [3.63, 3.8) is 0 Å². The van der Waals surface area contributed by atoms with E-state index in [1.807, 2.05) is 13.8 Å².